The van der Waals surface area contributed by atoms with Crippen LogP contribution in [-0.2, 0) is 11.2 Å². The molecule has 2 aliphatic rings. The predicted octanol–water partition coefficient (Wildman–Crippen LogP) is -4.78. The highest BCUT2D eigenvalue weighted by atomic mass is 16.7. The van der Waals surface area contributed by atoms with E-state index < -0.39 is 135 Å². The molecule has 3 amide bonds. The zero-order chi connectivity index (χ0) is 36.2. The molecule has 3 heterocycles. The molecule has 0 saturated carbocycles. The molecule has 2 aromatic carbocycles. The van der Waals surface area contributed by atoms with Gasteiger partial charge in [-0.25, -0.2) is 4.68 Å². The molecule has 0 aliphatic carbocycles. The minimum absolute atomic E-state index is 0.253. The first-order chi connectivity index (χ1) is 22.1. The third-order valence-corrected chi connectivity index (χ3v) is 7.85. The molecule has 0 spiro atoms. The third-order valence-electron chi connectivity index (χ3n) is 7.85. The first kappa shape index (κ1) is 33.4. The molecule has 1 saturated heterocycles. The van der Waals surface area contributed by atoms with Crippen molar-refractivity contribution in [2.45, 2.75) is 23.8 Å². The summed E-state index contributed by atoms with van der Waals surface area (Å²) in [6, 6.07) is 0. The molecule has 0 bridgehead atoms. The highest BCUT2D eigenvalue weighted by Gasteiger charge is 2.71. The minimum Gasteiger partial charge on any atom is -0.503 e. The van der Waals surface area contributed by atoms with Crippen LogP contribution < -0.4 is 20.3 Å². The lowest BCUT2D eigenvalue weighted by Crippen LogP contribution is -2.80. The monoisotopic (exact) mass is 683 g/mol. The molecule has 0 atom stereocenters. The largest absolute Gasteiger partial charge is 0.503 e. The number of nitrogens with two attached hydrogens (primary N) is 1. The summed E-state index contributed by atoms with van der Waals surface area (Å²) in [5.74, 6) is -29.6. The predicted molar refractivity (Wildman–Crippen MR) is 148 cm³/mol. The number of nitrogens with zero attached hydrogens (tertiary/aromatic N) is 4. The molecule has 23 heteroatoms. The van der Waals surface area contributed by atoms with Crippen LogP contribution in [-0.4, -0.2) is 137 Å². The average molecular weight is 683 g/mol. The standard InChI is InChI=1S/C25H25N5O18/c1-48-19-17(37)15(35)10(16(36)18(19)38)30-7-5(6(27-30)20(26)39)2-3-28(21(7)40)8-11(31)13(33)9(14(34)12(8)32)29-4-23(42,43)25(46,47)24(44,45)22(29)41/h31-38,42-47H,2-4H2,1H3,(H2,26,39). The number of primary amides is 1. The summed E-state index contributed by atoms with van der Waals surface area (Å²) in [5.41, 5.74) is 0.149. The SMILES string of the molecule is COc1c(O)c(O)c(-n2nc(C(N)=O)c3c2C(=O)N(c2c(O)c(O)c(N4CC(O)(O)C(O)(O)C(O)(O)C4=O)c(O)c2O)CC3)c(O)c1O. The van der Waals surface area contributed by atoms with Crippen molar-refractivity contribution in [3.8, 4) is 57.4 Å². The van der Waals surface area contributed by atoms with Gasteiger partial charge in [-0.3, -0.25) is 24.2 Å². The number of ether oxygens (including phenoxy) is 1. The van der Waals surface area contributed by atoms with Crippen molar-refractivity contribution in [2.24, 2.45) is 5.73 Å². The van der Waals surface area contributed by atoms with Gasteiger partial charge < -0.3 is 82.0 Å². The van der Waals surface area contributed by atoms with Crippen LogP contribution in [0, 0.1) is 0 Å². The lowest BCUT2D eigenvalue weighted by molar-refractivity contribution is -0.440. The van der Waals surface area contributed by atoms with E-state index in [-0.39, 0.29) is 10.5 Å². The number of aliphatic hydroxyl groups is 6. The normalized spacial score (nSPS) is 18.1. The minimum atomic E-state index is -4.44. The number of carbonyl (C=O) groups is 3. The fourth-order valence-electron chi connectivity index (χ4n) is 5.37. The maximum absolute atomic E-state index is 13.9. The zero-order valence-corrected chi connectivity index (χ0v) is 23.9. The van der Waals surface area contributed by atoms with Crippen molar-refractivity contribution < 1.29 is 90.6 Å². The first-order valence-electron chi connectivity index (χ1n) is 13.0. The molecule has 258 valence electrons. The van der Waals surface area contributed by atoms with Gasteiger partial charge in [-0.1, -0.05) is 0 Å². The van der Waals surface area contributed by atoms with Gasteiger partial charge in [0.05, 0.1) is 13.7 Å². The summed E-state index contributed by atoms with van der Waals surface area (Å²) in [7, 11) is 0.951. The Labute approximate surface area is 263 Å². The van der Waals surface area contributed by atoms with E-state index in [0.29, 0.717) is 9.58 Å². The topological polar surface area (TPSA) is 394 Å². The lowest BCUT2D eigenvalue weighted by Gasteiger charge is -2.49. The van der Waals surface area contributed by atoms with E-state index in [1.54, 1.807) is 0 Å². The molecular formula is C25H25N5O18. The summed E-state index contributed by atoms with van der Waals surface area (Å²) < 4.78 is 5.08. The highest BCUT2D eigenvalue weighted by Crippen LogP contribution is 2.58. The van der Waals surface area contributed by atoms with Crippen molar-refractivity contribution in [1.29, 1.82) is 0 Å². The van der Waals surface area contributed by atoms with E-state index in [4.69, 9.17) is 10.5 Å². The van der Waals surface area contributed by atoms with E-state index in [0.717, 1.165) is 7.11 Å². The number of carbonyl (C=O) groups excluding carboxylic acids is 3. The fourth-order valence-corrected chi connectivity index (χ4v) is 5.37. The molecule has 23 nitrogen and oxygen atoms in total. The van der Waals surface area contributed by atoms with Crippen LogP contribution in [0.3, 0.4) is 0 Å². The molecule has 2 aliphatic heterocycles. The number of β-amino-alcohol motifs (C(OH)–C–C–N with tert-alkyl or cyclic N) is 2. The number of hydrogen-bond donors (Lipinski definition) is 15. The van der Waals surface area contributed by atoms with Crippen LogP contribution >= 0.6 is 0 Å². The van der Waals surface area contributed by atoms with Gasteiger partial charge in [0.2, 0.25) is 23.0 Å². The Balaban J connectivity index is 1.70. The van der Waals surface area contributed by atoms with Crippen molar-refractivity contribution in [2.75, 3.05) is 30.0 Å². The second kappa shape index (κ2) is 10.3. The number of amides is 3. The Kier molecular flexibility index (Phi) is 7.14. The smallest absolute Gasteiger partial charge is 0.306 e. The van der Waals surface area contributed by atoms with Crippen LogP contribution in [0.1, 0.15) is 26.5 Å². The van der Waals surface area contributed by atoms with Crippen molar-refractivity contribution in [3.05, 3.63) is 17.0 Å². The van der Waals surface area contributed by atoms with Gasteiger partial charge in [0, 0.05) is 12.1 Å². The van der Waals surface area contributed by atoms with Gasteiger partial charge in [0.1, 0.15) is 17.1 Å². The molecule has 48 heavy (non-hydrogen) atoms. The van der Waals surface area contributed by atoms with Crippen LogP contribution in [0.15, 0.2) is 0 Å². The number of fused-ring (bicyclic) bond motifs is 1. The number of aromatic hydroxyl groups is 8. The van der Waals surface area contributed by atoms with E-state index in [1.807, 2.05) is 0 Å². The Morgan fingerprint density at radius 1 is 0.750 bits per heavy atom. The second-order valence-corrected chi connectivity index (χ2v) is 10.6. The lowest BCUT2D eigenvalue weighted by atomic mass is 9.89. The van der Waals surface area contributed by atoms with Gasteiger partial charge in [0.25, 0.3) is 23.5 Å². The molecular weight excluding hydrogens is 658 g/mol. The van der Waals surface area contributed by atoms with Crippen LogP contribution in [0.5, 0.6) is 51.7 Å². The van der Waals surface area contributed by atoms with Crippen LogP contribution in [0.4, 0.5) is 11.4 Å². The van der Waals surface area contributed by atoms with Gasteiger partial charge in [-0.05, 0) is 6.42 Å². The number of phenolic OH excluding ortho intramolecular Hbond substituents is 8. The van der Waals surface area contributed by atoms with E-state index >= 15 is 0 Å². The molecule has 1 fully saturated rings. The molecule has 0 unspecified atom stereocenters. The summed E-state index contributed by atoms with van der Waals surface area (Å²) >= 11 is 0. The third kappa shape index (κ3) is 4.09. The van der Waals surface area contributed by atoms with Gasteiger partial charge in [-0.15, -0.1) is 0 Å². The van der Waals surface area contributed by atoms with Gasteiger partial charge in [-0.2, -0.15) is 5.10 Å². The average Bonchev–Trinajstić information content (AvgIpc) is 3.39. The Morgan fingerprint density at radius 3 is 1.67 bits per heavy atom. The van der Waals surface area contributed by atoms with Crippen molar-refractivity contribution >= 4 is 29.1 Å². The Hall–Kier alpha value is -5.98. The number of rotatable bonds is 5. The number of methoxy groups -OCH3 is 1. The fraction of sp³-hybridized carbons (Fsp3) is 0.280. The molecule has 1 aromatic heterocycles. The second-order valence-electron chi connectivity index (χ2n) is 10.6. The van der Waals surface area contributed by atoms with Crippen LogP contribution in [0.2, 0.25) is 0 Å². The number of aromatic nitrogens is 2. The van der Waals surface area contributed by atoms with E-state index in [1.165, 1.54) is 0 Å². The summed E-state index contributed by atoms with van der Waals surface area (Å²) in [6.07, 6.45) is -0.439. The maximum Gasteiger partial charge on any atom is 0.306 e. The maximum atomic E-state index is 13.9. The highest BCUT2D eigenvalue weighted by molar-refractivity contribution is 6.13. The molecule has 3 aromatic rings. The number of piperidine rings is 1. The number of benzene rings is 2. The quantitative estimate of drug-likeness (QED) is 0.0681. The summed E-state index contributed by atoms with van der Waals surface area (Å²) in [4.78, 5) is 39.1. The number of phenols is 8. The van der Waals surface area contributed by atoms with Gasteiger partial charge in [0.15, 0.2) is 45.9 Å². The van der Waals surface area contributed by atoms with Gasteiger partial charge >= 0.3 is 5.79 Å². The molecule has 5 rings (SSSR count). The number of hydrogen-bond acceptors (Lipinski definition) is 19. The first-order valence-corrected chi connectivity index (χ1v) is 13.0. The van der Waals surface area contributed by atoms with Crippen molar-refractivity contribution in [3.63, 3.8) is 0 Å². The van der Waals surface area contributed by atoms with Crippen molar-refractivity contribution in [1.82, 2.24) is 9.78 Å². The zero-order valence-electron chi connectivity index (χ0n) is 23.9. The van der Waals surface area contributed by atoms with Crippen LogP contribution in [0.25, 0.3) is 5.69 Å². The number of anilines is 2. The summed E-state index contributed by atoms with van der Waals surface area (Å²) in [5, 5.41) is 149. The van der Waals surface area contributed by atoms with E-state index in [2.05, 4.69) is 5.10 Å². The molecule has 0 radical (unpaired) electrons. The summed E-state index contributed by atoms with van der Waals surface area (Å²) in [6.45, 7) is -2.36. The Bertz CT molecular complexity index is 1890. The molecule has 16 N–H and O–H groups in total. The Morgan fingerprint density at radius 2 is 1.21 bits per heavy atom. The van der Waals surface area contributed by atoms with E-state index in [9.17, 15) is 85.9 Å².